The molecule has 1 fully saturated rings. The van der Waals surface area contributed by atoms with Gasteiger partial charge in [0.25, 0.3) is 0 Å². The smallest absolute Gasteiger partial charge is 0.0991 e. The van der Waals surface area contributed by atoms with Crippen LogP contribution in [0.25, 0.3) is 0 Å². The van der Waals surface area contributed by atoms with Crippen molar-refractivity contribution in [3.63, 3.8) is 0 Å². The molecule has 0 unspecified atom stereocenters. The Balaban J connectivity index is 2.20. The number of benzene rings is 1. The summed E-state index contributed by atoms with van der Waals surface area (Å²) in [6.07, 6.45) is 0.978. The van der Waals surface area contributed by atoms with Gasteiger partial charge in [0.1, 0.15) is 0 Å². The highest BCUT2D eigenvalue weighted by molar-refractivity contribution is 5.33. The maximum atomic E-state index is 8.88. The summed E-state index contributed by atoms with van der Waals surface area (Å²) in [7, 11) is 0. The number of hydrogen-bond acceptors (Lipinski definition) is 3. The monoisotopic (exact) mass is 255 g/mol. The van der Waals surface area contributed by atoms with Gasteiger partial charge in [0.05, 0.1) is 11.6 Å². The molecule has 0 bridgehead atoms. The number of piperazine rings is 1. The normalized spacial score (nSPS) is 17.7. The van der Waals surface area contributed by atoms with Crippen molar-refractivity contribution >= 4 is 0 Å². The van der Waals surface area contributed by atoms with E-state index in [1.807, 2.05) is 12.1 Å². The van der Waals surface area contributed by atoms with E-state index in [4.69, 9.17) is 5.26 Å². The summed E-state index contributed by atoms with van der Waals surface area (Å²) in [6.45, 7) is 10.4. The van der Waals surface area contributed by atoms with Gasteiger partial charge >= 0.3 is 0 Å². The molecule has 1 atom stereocenters. The van der Waals surface area contributed by atoms with Crippen molar-refractivity contribution in [2.24, 2.45) is 0 Å². The highest BCUT2D eigenvalue weighted by atomic mass is 15.2. The minimum Gasteiger partial charge on any atom is -0.314 e. The second kappa shape index (κ2) is 6.51. The molecule has 1 aliphatic rings. The fourth-order valence-electron chi connectivity index (χ4n) is 2.56. The minimum absolute atomic E-state index is 0.382. The standard InChI is InChI=1S/C16H21N3/c1-13(2)11-16(19-9-7-18-8-10-19)15-5-3-14(12-17)4-6-15/h3-6,16,18H,1,7-11H2,2H3/t16-/m1/s1. The van der Waals surface area contributed by atoms with Gasteiger partial charge in [0.2, 0.25) is 0 Å². The van der Waals surface area contributed by atoms with E-state index >= 15 is 0 Å². The Labute approximate surface area is 115 Å². The lowest BCUT2D eigenvalue weighted by molar-refractivity contribution is 0.172. The molecule has 1 aromatic carbocycles. The minimum atomic E-state index is 0.382. The molecule has 0 spiro atoms. The second-order valence-electron chi connectivity index (χ2n) is 5.20. The molecule has 0 saturated carbocycles. The molecule has 1 N–H and O–H groups in total. The van der Waals surface area contributed by atoms with Crippen LogP contribution in [0.5, 0.6) is 0 Å². The number of nitrogens with one attached hydrogen (secondary N) is 1. The van der Waals surface area contributed by atoms with Crippen LogP contribution >= 0.6 is 0 Å². The van der Waals surface area contributed by atoms with Crippen molar-refractivity contribution in [1.29, 1.82) is 5.26 Å². The fraction of sp³-hybridized carbons (Fsp3) is 0.438. The lowest BCUT2D eigenvalue weighted by atomic mass is 9.97. The Morgan fingerprint density at radius 2 is 2.00 bits per heavy atom. The van der Waals surface area contributed by atoms with Crippen LogP contribution in [-0.2, 0) is 0 Å². The Hall–Kier alpha value is -1.63. The van der Waals surface area contributed by atoms with Crippen molar-refractivity contribution in [2.45, 2.75) is 19.4 Å². The maximum absolute atomic E-state index is 8.88. The fourth-order valence-corrected chi connectivity index (χ4v) is 2.56. The lowest BCUT2D eigenvalue weighted by Gasteiger charge is -2.35. The predicted octanol–water partition coefficient (Wildman–Crippen LogP) is 2.47. The van der Waals surface area contributed by atoms with E-state index in [9.17, 15) is 0 Å². The van der Waals surface area contributed by atoms with Gasteiger partial charge in [0.15, 0.2) is 0 Å². The van der Waals surface area contributed by atoms with Gasteiger partial charge in [-0.15, -0.1) is 6.58 Å². The van der Waals surface area contributed by atoms with Crippen molar-refractivity contribution < 1.29 is 0 Å². The number of hydrogen-bond donors (Lipinski definition) is 1. The second-order valence-corrected chi connectivity index (χ2v) is 5.20. The summed E-state index contributed by atoms with van der Waals surface area (Å²) in [5.74, 6) is 0. The van der Waals surface area contributed by atoms with E-state index in [1.54, 1.807) is 0 Å². The lowest BCUT2D eigenvalue weighted by Crippen LogP contribution is -2.45. The maximum Gasteiger partial charge on any atom is 0.0991 e. The molecule has 100 valence electrons. The summed E-state index contributed by atoms with van der Waals surface area (Å²) in [6, 6.07) is 10.5. The molecule has 1 aromatic rings. The van der Waals surface area contributed by atoms with Crippen molar-refractivity contribution in [2.75, 3.05) is 26.2 Å². The Morgan fingerprint density at radius 1 is 1.37 bits per heavy atom. The zero-order valence-electron chi connectivity index (χ0n) is 11.5. The van der Waals surface area contributed by atoms with E-state index in [0.29, 0.717) is 6.04 Å². The van der Waals surface area contributed by atoms with Gasteiger partial charge in [-0.25, -0.2) is 0 Å². The first kappa shape index (κ1) is 13.8. The van der Waals surface area contributed by atoms with Crippen LogP contribution in [0, 0.1) is 11.3 Å². The average molecular weight is 255 g/mol. The molecular formula is C16H21N3. The number of rotatable bonds is 4. The van der Waals surface area contributed by atoms with E-state index in [2.05, 4.69) is 41.9 Å². The molecule has 19 heavy (non-hydrogen) atoms. The van der Waals surface area contributed by atoms with Gasteiger partial charge < -0.3 is 5.32 Å². The molecule has 2 rings (SSSR count). The quantitative estimate of drug-likeness (QED) is 0.840. The molecule has 0 radical (unpaired) electrons. The topological polar surface area (TPSA) is 39.1 Å². The summed E-state index contributed by atoms with van der Waals surface area (Å²) in [5, 5.41) is 12.3. The zero-order chi connectivity index (χ0) is 13.7. The van der Waals surface area contributed by atoms with Gasteiger partial charge in [-0.2, -0.15) is 5.26 Å². The average Bonchev–Trinajstić information content (AvgIpc) is 2.46. The van der Waals surface area contributed by atoms with Crippen LogP contribution in [0.2, 0.25) is 0 Å². The van der Waals surface area contributed by atoms with Gasteiger partial charge in [-0.1, -0.05) is 17.7 Å². The predicted molar refractivity (Wildman–Crippen MR) is 77.8 cm³/mol. The first-order chi connectivity index (χ1) is 9.20. The van der Waals surface area contributed by atoms with Crippen molar-refractivity contribution in [3.8, 4) is 6.07 Å². The summed E-state index contributed by atoms with van der Waals surface area (Å²) >= 11 is 0. The number of nitrogens with zero attached hydrogens (tertiary/aromatic N) is 2. The van der Waals surface area contributed by atoms with Gasteiger partial charge in [0, 0.05) is 32.2 Å². The SMILES string of the molecule is C=C(C)C[C@H](c1ccc(C#N)cc1)N1CCNCC1. The van der Waals surface area contributed by atoms with Crippen molar-refractivity contribution in [3.05, 3.63) is 47.5 Å². The van der Waals surface area contributed by atoms with E-state index in [1.165, 1.54) is 11.1 Å². The molecule has 0 aromatic heterocycles. The Bertz CT molecular complexity index is 464. The van der Waals surface area contributed by atoms with Crippen LogP contribution in [0.3, 0.4) is 0 Å². The molecule has 0 aliphatic carbocycles. The molecule has 1 saturated heterocycles. The molecule has 0 amide bonds. The molecule has 1 aliphatic heterocycles. The van der Waals surface area contributed by atoms with Crippen LogP contribution < -0.4 is 5.32 Å². The van der Waals surface area contributed by atoms with E-state index < -0.39 is 0 Å². The molecule has 1 heterocycles. The highest BCUT2D eigenvalue weighted by Crippen LogP contribution is 2.27. The molecule has 3 heteroatoms. The van der Waals surface area contributed by atoms with Gasteiger partial charge in [-0.05, 0) is 31.0 Å². The third-order valence-corrected chi connectivity index (χ3v) is 3.56. The Morgan fingerprint density at radius 3 is 2.53 bits per heavy atom. The summed E-state index contributed by atoms with van der Waals surface area (Å²) in [4.78, 5) is 2.51. The van der Waals surface area contributed by atoms with Crippen LogP contribution in [-0.4, -0.2) is 31.1 Å². The summed E-state index contributed by atoms with van der Waals surface area (Å²) < 4.78 is 0. The van der Waals surface area contributed by atoms with E-state index in [0.717, 1.165) is 38.2 Å². The first-order valence-electron chi connectivity index (χ1n) is 6.80. The Kier molecular flexibility index (Phi) is 4.73. The highest BCUT2D eigenvalue weighted by Gasteiger charge is 2.21. The zero-order valence-corrected chi connectivity index (χ0v) is 11.5. The van der Waals surface area contributed by atoms with Crippen LogP contribution in [0.15, 0.2) is 36.4 Å². The van der Waals surface area contributed by atoms with E-state index in [-0.39, 0.29) is 0 Å². The van der Waals surface area contributed by atoms with Gasteiger partial charge in [-0.3, -0.25) is 4.90 Å². The third-order valence-electron chi connectivity index (χ3n) is 3.56. The largest absolute Gasteiger partial charge is 0.314 e. The van der Waals surface area contributed by atoms with Crippen LogP contribution in [0.1, 0.15) is 30.5 Å². The molecular weight excluding hydrogens is 234 g/mol. The first-order valence-corrected chi connectivity index (χ1v) is 6.80. The van der Waals surface area contributed by atoms with Crippen LogP contribution in [0.4, 0.5) is 0 Å². The molecule has 3 nitrogen and oxygen atoms in total. The number of nitriles is 1. The summed E-state index contributed by atoms with van der Waals surface area (Å²) in [5.41, 5.74) is 3.20. The third kappa shape index (κ3) is 3.66. The van der Waals surface area contributed by atoms with Crippen molar-refractivity contribution in [1.82, 2.24) is 10.2 Å².